The summed E-state index contributed by atoms with van der Waals surface area (Å²) in [5.74, 6) is 1.12. The molecule has 0 aliphatic rings. The Balaban J connectivity index is 2.71. The van der Waals surface area contributed by atoms with Crippen molar-refractivity contribution in [2.45, 2.75) is 33.6 Å². The number of methoxy groups -OCH3 is 1. The summed E-state index contributed by atoms with van der Waals surface area (Å²) >= 11 is 0. The van der Waals surface area contributed by atoms with Crippen LogP contribution in [0.15, 0.2) is 18.2 Å². The van der Waals surface area contributed by atoms with Gasteiger partial charge in [-0.2, -0.15) is 0 Å². The highest BCUT2D eigenvalue weighted by molar-refractivity contribution is 5.94. The fraction of sp³-hybridized carbons (Fsp3) is 0.500. The molecule has 0 fully saturated rings. The van der Waals surface area contributed by atoms with Crippen LogP contribution in [0.2, 0.25) is 0 Å². The number of hydrogen-bond acceptors (Lipinski definition) is 3. The summed E-state index contributed by atoms with van der Waals surface area (Å²) in [6.07, 6.45) is 1.18. The average molecular weight is 277 g/mol. The summed E-state index contributed by atoms with van der Waals surface area (Å²) in [6.45, 7) is 6.41. The van der Waals surface area contributed by atoms with E-state index in [-0.39, 0.29) is 18.1 Å². The molecule has 0 saturated heterocycles. The monoisotopic (exact) mass is 277 g/mol. The Morgan fingerprint density at radius 3 is 2.55 bits per heavy atom. The fourth-order valence-corrected chi connectivity index (χ4v) is 1.87. The van der Waals surface area contributed by atoms with Crippen molar-refractivity contribution in [3.63, 3.8) is 0 Å². The maximum absolute atomic E-state index is 11.9. The average Bonchev–Trinajstić information content (AvgIpc) is 2.38. The van der Waals surface area contributed by atoms with Gasteiger partial charge in [0.2, 0.25) is 5.91 Å². The first-order valence-electron chi connectivity index (χ1n) is 6.88. The Morgan fingerprint density at radius 1 is 1.30 bits per heavy atom. The number of rotatable bonds is 7. The third-order valence-corrected chi connectivity index (χ3v) is 3.08. The third-order valence-electron chi connectivity index (χ3n) is 3.08. The molecule has 1 N–H and O–H groups in total. The number of nitrogens with one attached hydrogen (secondary N) is 1. The molecule has 110 valence electrons. The van der Waals surface area contributed by atoms with E-state index in [2.05, 4.69) is 19.2 Å². The first kappa shape index (κ1) is 16.2. The van der Waals surface area contributed by atoms with Crippen LogP contribution in [-0.4, -0.2) is 25.3 Å². The molecule has 0 aliphatic heterocycles. The molecule has 4 heteroatoms. The Bertz CT molecular complexity index is 481. The van der Waals surface area contributed by atoms with Gasteiger partial charge in [-0.3, -0.25) is 9.59 Å². The van der Waals surface area contributed by atoms with Gasteiger partial charge in [0.25, 0.3) is 0 Å². The Hall–Kier alpha value is -1.84. The summed E-state index contributed by atoms with van der Waals surface area (Å²) in [7, 11) is 1.56. The minimum absolute atomic E-state index is 0.0193. The summed E-state index contributed by atoms with van der Waals surface area (Å²) in [4.78, 5) is 23.3. The van der Waals surface area contributed by atoms with Crippen LogP contribution >= 0.6 is 0 Å². The summed E-state index contributed by atoms with van der Waals surface area (Å²) in [5.41, 5.74) is 1.33. The SMILES string of the molecule is COc1ccc(C(C)=O)cc1CC(=O)NCCC(C)C. The molecular formula is C16H23NO3. The predicted octanol–water partition coefficient (Wildman–Crippen LogP) is 2.60. The molecule has 0 aromatic heterocycles. The molecule has 4 nitrogen and oxygen atoms in total. The maximum Gasteiger partial charge on any atom is 0.224 e. The van der Waals surface area contributed by atoms with Gasteiger partial charge in [-0.15, -0.1) is 0 Å². The summed E-state index contributed by atoms with van der Waals surface area (Å²) in [5, 5.41) is 2.88. The van der Waals surface area contributed by atoms with Crippen molar-refractivity contribution in [1.29, 1.82) is 0 Å². The zero-order valence-electron chi connectivity index (χ0n) is 12.7. The molecule has 0 spiro atoms. The topological polar surface area (TPSA) is 55.4 Å². The van der Waals surface area contributed by atoms with Gasteiger partial charge in [0.05, 0.1) is 13.5 Å². The van der Waals surface area contributed by atoms with Crippen LogP contribution in [0.25, 0.3) is 0 Å². The molecule has 0 unspecified atom stereocenters. The van der Waals surface area contributed by atoms with E-state index in [1.165, 1.54) is 6.92 Å². The highest BCUT2D eigenvalue weighted by Gasteiger charge is 2.11. The molecular weight excluding hydrogens is 254 g/mol. The number of carbonyl (C=O) groups excluding carboxylic acids is 2. The van der Waals surface area contributed by atoms with Gasteiger partial charge < -0.3 is 10.1 Å². The molecule has 0 heterocycles. The second kappa shape index (κ2) is 7.68. The molecule has 1 aromatic carbocycles. The number of Topliss-reactive ketones (excluding diaryl/α,β-unsaturated/α-hetero) is 1. The highest BCUT2D eigenvalue weighted by Crippen LogP contribution is 2.20. The minimum Gasteiger partial charge on any atom is -0.496 e. The van der Waals surface area contributed by atoms with Gasteiger partial charge in [0, 0.05) is 17.7 Å². The van der Waals surface area contributed by atoms with Gasteiger partial charge in [0.1, 0.15) is 5.75 Å². The largest absolute Gasteiger partial charge is 0.496 e. The van der Waals surface area contributed by atoms with Crippen molar-refractivity contribution in [1.82, 2.24) is 5.32 Å². The first-order valence-corrected chi connectivity index (χ1v) is 6.88. The molecule has 20 heavy (non-hydrogen) atoms. The number of ether oxygens (including phenoxy) is 1. The minimum atomic E-state index is -0.0512. The highest BCUT2D eigenvalue weighted by atomic mass is 16.5. The van der Waals surface area contributed by atoms with Crippen LogP contribution in [0.4, 0.5) is 0 Å². The Labute approximate surface area is 120 Å². The van der Waals surface area contributed by atoms with Crippen molar-refractivity contribution in [2.24, 2.45) is 5.92 Å². The predicted molar refractivity (Wildman–Crippen MR) is 79.2 cm³/mol. The van der Waals surface area contributed by atoms with Gasteiger partial charge in [-0.05, 0) is 37.5 Å². The molecule has 0 radical (unpaired) electrons. The van der Waals surface area contributed by atoms with Crippen LogP contribution in [-0.2, 0) is 11.2 Å². The zero-order chi connectivity index (χ0) is 15.1. The van der Waals surface area contributed by atoms with E-state index in [0.29, 0.717) is 23.8 Å². The smallest absolute Gasteiger partial charge is 0.224 e. The lowest BCUT2D eigenvalue weighted by atomic mass is 10.0. The number of benzene rings is 1. The van der Waals surface area contributed by atoms with Gasteiger partial charge in [0.15, 0.2) is 5.78 Å². The van der Waals surface area contributed by atoms with Crippen molar-refractivity contribution in [3.05, 3.63) is 29.3 Å². The molecule has 1 amide bonds. The first-order chi connectivity index (χ1) is 9.43. The van der Waals surface area contributed by atoms with Crippen molar-refractivity contribution < 1.29 is 14.3 Å². The van der Waals surface area contributed by atoms with Gasteiger partial charge in [-0.25, -0.2) is 0 Å². The quantitative estimate of drug-likeness (QED) is 0.779. The maximum atomic E-state index is 11.9. The molecule has 0 atom stereocenters. The van der Waals surface area contributed by atoms with Crippen LogP contribution in [0.1, 0.15) is 43.1 Å². The molecule has 0 aliphatic carbocycles. The second-order valence-electron chi connectivity index (χ2n) is 5.29. The Morgan fingerprint density at radius 2 is 2.00 bits per heavy atom. The molecule has 0 bridgehead atoms. The van der Waals surface area contributed by atoms with E-state index in [1.54, 1.807) is 25.3 Å². The summed E-state index contributed by atoms with van der Waals surface area (Å²) < 4.78 is 5.23. The van der Waals surface area contributed by atoms with Crippen molar-refractivity contribution >= 4 is 11.7 Å². The normalized spacial score (nSPS) is 10.4. The lowest BCUT2D eigenvalue weighted by Gasteiger charge is -2.11. The van der Waals surface area contributed by atoms with Crippen molar-refractivity contribution in [3.8, 4) is 5.75 Å². The number of amides is 1. The number of ketones is 1. The van der Waals surface area contributed by atoms with Crippen LogP contribution in [0.3, 0.4) is 0 Å². The second-order valence-corrected chi connectivity index (χ2v) is 5.29. The van der Waals surface area contributed by atoms with Crippen LogP contribution in [0, 0.1) is 5.92 Å². The van der Waals surface area contributed by atoms with Crippen LogP contribution < -0.4 is 10.1 Å². The van der Waals surface area contributed by atoms with Gasteiger partial charge >= 0.3 is 0 Å². The Kier molecular flexibility index (Phi) is 6.22. The van der Waals surface area contributed by atoms with Crippen molar-refractivity contribution in [2.75, 3.05) is 13.7 Å². The zero-order valence-corrected chi connectivity index (χ0v) is 12.7. The number of hydrogen-bond donors (Lipinski definition) is 1. The third kappa shape index (κ3) is 5.03. The summed E-state index contributed by atoms with van der Waals surface area (Å²) in [6, 6.07) is 5.16. The van der Waals surface area contributed by atoms with E-state index in [9.17, 15) is 9.59 Å². The lowest BCUT2D eigenvalue weighted by Crippen LogP contribution is -2.27. The molecule has 1 aromatic rings. The van der Waals surface area contributed by atoms with E-state index in [1.807, 2.05) is 0 Å². The molecule has 0 saturated carbocycles. The van der Waals surface area contributed by atoms with E-state index < -0.39 is 0 Å². The molecule has 1 rings (SSSR count). The van der Waals surface area contributed by atoms with Crippen LogP contribution in [0.5, 0.6) is 5.75 Å². The van der Waals surface area contributed by atoms with E-state index in [4.69, 9.17) is 4.74 Å². The van der Waals surface area contributed by atoms with E-state index in [0.717, 1.165) is 12.0 Å². The van der Waals surface area contributed by atoms with E-state index >= 15 is 0 Å². The van der Waals surface area contributed by atoms with Gasteiger partial charge in [-0.1, -0.05) is 13.8 Å². The standard InChI is InChI=1S/C16H23NO3/c1-11(2)7-8-17-16(19)10-14-9-13(12(3)18)5-6-15(14)20-4/h5-6,9,11H,7-8,10H2,1-4H3,(H,17,19). The lowest BCUT2D eigenvalue weighted by molar-refractivity contribution is -0.120. The fourth-order valence-electron chi connectivity index (χ4n) is 1.87. The number of carbonyl (C=O) groups is 2.